The van der Waals surface area contributed by atoms with Gasteiger partial charge < -0.3 is 9.84 Å². The van der Waals surface area contributed by atoms with Crippen LogP contribution in [0.4, 0.5) is 0 Å². The van der Waals surface area contributed by atoms with E-state index in [1.807, 2.05) is 6.92 Å². The average Bonchev–Trinajstić information content (AvgIpc) is 2.38. The van der Waals surface area contributed by atoms with Gasteiger partial charge in [0.2, 0.25) is 0 Å². The van der Waals surface area contributed by atoms with Crippen molar-refractivity contribution in [2.24, 2.45) is 0 Å². The van der Waals surface area contributed by atoms with E-state index in [0.717, 1.165) is 19.4 Å². The standard InChI is InChI=1S/C9H14O2/c1-3-5-8(10)9(2)6-4-7-11-9/h1,8,10H,4-7H2,2H3. The van der Waals surface area contributed by atoms with Crippen molar-refractivity contribution in [3.05, 3.63) is 0 Å². The normalized spacial score (nSPS) is 33.2. The number of terminal acetylenes is 1. The van der Waals surface area contributed by atoms with Crippen molar-refractivity contribution in [1.29, 1.82) is 0 Å². The zero-order valence-corrected chi connectivity index (χ0v) is 6.84. The molecule has 62 valence electrons. The summed E-state index contributed by atoms with van der Waals surface area (Å²) >= 11 is 0. The Bertz CT molecular complexity index is 163. The number of rotatable bonds is 2. The van der Waals surface area contributed by atoms with Gasteiger partial charge in [-0.05, 0) is 19.8 Å². The van der Waals surface area contributed by atoms with E-state index in [4.69, 9.17) is 11.2 Å². The van der Waals surface area contributed by atoms with Gasteiger partial charge in [0.25, 0.3) is 0 Å². The van der Waals surface area contributed by atoms with Gasteiger partial charge in [0.05, 0.1) is 11.7 Å². The highest BCUT2D eigenvalue weighted by Crippen LogP contribution is 2.29. The predicted octanol–water partition coefficient (Wildman–Crippen LogP) is 0.940. The number of hydrogen-bond donors (Lipinski definition) is 1. The summed E-state index contributed by atoms with van der Waals surface area (Å²) in [5.74, 6) is 2.44. The Kier molecular flexibility index (Phi) is 2.53. The SMILES string of the molecule is C#CCC(O)C1(C)CCCO1. The third-order valence-electron chi connectivity index (χ3n) is 2.27. The predicted molar refractivity (Wildman–Crippen MR) is 43.0 cm³/mol. The van der Waals surface area contributed by atoms with E-state index >= 15 is 0 Å². The van der Waals surface area contributed by atoms with Gasteiger partial charge in [-0.1, -0.05) is 0 Å². The number of aliphatic hydroxyl groups is 1. The molecule has 0 spiro atoms. The van der Waals surface area contributed by atoms with Crippen molar-refractivity contribution < 1.29 is 9.84 Å². The van der Waals surface area contributed by atoms with Crippen molar-refractivity contribution >= 4 is 0 Å². The molecular weight excluding hydrogens is 140 g/mol. The molecule has 2 heteroatoms. The second kappa shape index (κ2) is 3.25. The minimum atomic E-state index is -0.505. The molecule has 11 heavy (non-hydrogen) atoms. The molecule has 2 nitrogen and oxygen atoms in total. The third-order valence-corrected chi connectivity index (χ3v) is 2.27. The Hall–Kier alpha value is -0.520. The van der Waals surface area contributed by atoms with Crippen LogP contribution in [0.25, 0.3) is 0 Å². The van der Waals surface area contributed by atoms with Gasteiger partial charge in [-0.3, -0.25) is 0 Å². The Morgan fingerprint density at radius 1 is 1.82 bits per heavy atom. The summed E-state index contributed by atoms with van der Waals surface area (Å²) in [5.41, 5.74) is -0.383. The first-order valence-electron chi connectivity index (χ1n) is 3.94. The molecule has 0 saturated carbocycles. The molecule has 2 unspecified atom stereocenters. The largest absolute Gasteiger partial charge is 0.389 e. The molecule has 0 radical (unpaired) electrons. The van der Waals surface area contributed by atoms with Crippen molar-refractivity contribution in [2.75, 3.05) is 6.61 Å². The van der Waals surface area contributed by atoms with E-state index in [2.05, 4.69) is 5.92 Å². The Balaban J connectivity index is 2.50. The van der Waals surface area contributed by atoms with E-state index < -0.39 is 6.10 Å². The highest BCUT2D eigenvalue weighted by molar-refractivity contribution is 4.96. The smallest absolute Gasteiger partial charge is 0.0935 e. The minimum absolute atomic E-state index is 0.383. The lowest BCUT2D eigenvalue weighted by Crippen LogP contribution is -2.38. The quantitative estimate of drug-likeness (QED) is 0.600. The first kappa shape index (κ1) is 8.58. The summed E-state index contributed by atoms with van der Waals surface area (Å²) in [6.07, 6.45) is 6.91. The van der Waals surface area contributed by atoms with Crippen LogP contribution in [0.5, 0.6) is 0 Å². The van der Waals surface area contributed by atoms with Gasteiger partial charge in [0.1, 0.15) is 0 Å². The number of hydrogen-bond acceptors (Lipinski definition) is 2. The second-order valence-electron chi connectivity index (χ2n) is 3.19. The molecule has 1 heterocycles. The molecule has 1 saturated heterocycles. The monoisotopic (exact) mass is 154 g/mol. The van der Waals surface area contributed by atoms with E-state index in [-0.39, 0.29) is 5.60 Å². The second-order valence-corrected chi connectivity index (χ2v) is 3.19. The summed E-state index contributed by atoms with van der Waals surface area (Å²) in [6.45, 7) is 2.67. The van der Waals surface area contributed by atoms with Gasteiger partial charge in [-0.15, -0.1) is 12.3 Å². The molecule has 1 fully saturated rings. The molecule has 0 aromatic carbocycles. The zero-order chi connectivity index (χ0) is 8.32. The molecule has 1 aliphatic heterocycles. The fourth-order valence-electron chi connectivity index (χ4n) is 1.39. The van der Waals surface area contributed by atoms with Crippen LogP contribution >= 0.6 is 0 Å². The fourth-order valence-corrected chi connectivity index (χ4v) is 1.39. The van der Waals surface area contributed by atoms with E-state index in [9.17, 15) is 5.11 Å². The zero-order valence-electron chi connectivity index (χ0n) is 6.84. The van der Waals surface area contributed by atoms with Crippen LogP contribution in [0.1, 0.15) is 26.2 Å². The topological polar surface area (TPSA) is 29.5 Å². The summed E-state index contributed by atoms with van der Waals surface area (Å²) in [6, 6.07) is 0. The maximum atomic E-state index is 9.54. The van der Waals surface area contributed by atoms with Gasteiger partial charge in [-0.25, -0.2) is 0 Å². The molecule has 1 aliphatic rings. The summed E-state index contributed by atoms with van der Waals surface area (Å²) in [4.78, 5) is 0. The van der Waals surface area contributed by atoms with Crippen LogP contribution in [-0.2, 0) is 4.74 Å². The third kappa shape index (κ3) is 1.74. The van der Waals surface area contributed by atoms with Crippen molar-refractivity contribution in [3.63, 3.8) is 0 Å². The molecule has 2 atom stereocenters. The first-order valence-corrected chi connectivity index (χ1v) is 3.94. The maximum Gasteiger partial charge on any atom is 0.0935 e. The van der Waals surface area contributed by atoms with E-state index in [1.54, 1.807) is 0 Å². The molecule has 0 bridgehead atoms. The molecule has 0 aromatic rings. The average molecular weight is 154 g/mol. The van der Waals surface area contributed by atoms with Crippen molar-refractivity contribution in [3.8, 4) is 12.3 Å². The fraction of sp³-hybridized carbons (Fsp3) is 0.778. The minimum Gasteiger partial charge on any atom is -0.389 e. The number of aliphatic hydroxyl groups excluding tert-OH is 1. The lowest BCUT2D eigenvalue weighted by Gasteiger charge is -2.27. The number of ether oxygens (including phenoxy) is 1. The molecule has 0 aromatic heterocycles. The molecular formula is C9H14O2. The molecule has 1 N–H and O–H groups in total. The lowest BCUT2D eigenvalue weighted by atomic mass is 9.94. The lowest BCUT2D eigenvalue weighted by molar-refractivity contribution is -0.0749. The summed E-state index contributed by atoms with van der Waals surface area (Å²) in [5, 5.41) is 9.54. The van der Waals surface area contributed by atoms with Crippen molar-refractivity contribution in [1.82, 2.24) is 0 Å². The van der Waals surface area contributed by atoms with Crippen LogP contribution < -0.4 is 0 Å². The van der Waals surface area contributed by atoms with Crippen LogP contribution in [0.2, 0.25) is 0 Å². The Morgan fingerprint density at radius 2 is 2.55 bits per heavy atom. The van der Waals surface area contributed by atoms with Gasteiger partial charge >= 0.3 is 0 Å². The molecule has 1 rings (SSSR count). The summed E-state index contributed by atoms with van der Waals surface area (Å²) < 4.78 is 5.41. The Morgan fingerprint density at radius 3 is 3.00 bits per heavy atom. The highest BCUT2D eigenvalue weighted by atomic mass is 16.5. The van der Waals surface area contributed by atoms with E-state index in [1.165, 1.54) is 0 Å². The van der Waals surface area contributed by atoms with Gasteiger partial charge in [0, 0.05) is 13.0 Å². The highest BCUT2D eigenvalue weighted by Gasteiger charge is 2.36. The summed E-state index contributed by atoms with van der Waals surface area (Å²) in [7, 11) is 0. The molecule has 0 amide bonds. The maximum absolute atomic E-state index is 9.54. The van der Waals surface area contributed by atoms with Gasteiger partial charge in [0.15, 0.2) is 0 Å². The Labute approximate surface area is 67.6 Å². The molecule has 0 aliphatic carbocycles. The van der Waals surface area contributed by atoms with E-state index in [0.29, 0.717) is 6.42 Å². The van der Waals surface area contributed by atoms with Crippen LogP contribution in [0.3, 0.4) is 0 Å². The van der Waals surface area contributed by atoms with Crippen LogP contribution in [0, 0.1) is 12.3 Å². The van der Waals surface area contributed by atoms with Crippen LogP contribution in [-0.4, -0.2) is 23.4 Å². The van der Waals surface area contributed by atoms with Crippen LogP contribution in [0.15, 0.2) is 0 Å². The first-order chi connectivity index (χ1) is 5.19. The van der Waals surface area contributed by atoms with Crippen molar-refractivity contribution in [2.45, 2.75) is 37.9 Å². The van der Waals surface area contributed by atoms with Gasteiger partial charge in [-0.2, -0.15) is 0 Å².